The molecule has 0 radical (unpaired) electrons. The third-order valence-corrected chi connectivity index (χ3v) is 1.48. The van der Waals surface area contributed by atoms with Crippen molar-refractivity contribution in [3.8, 4) is 6.07 Å². The average Bonchev–Trinajstić information content (AvgIpc) is 2.17. The molecule has 0 aliphatic rings. The second-order valence-electron chi connectivity index (χ2n) is 2.31. The summed E-state index contributed by atoms with van der Waals surface area (Å²) in [5.74, 6) is -0.466. The smallest absolute Gasteiger partial charge is 0.126 e. The van der Waals surface area contributed by atoms with Gasteiger partial charge in [-0.2, -0.15) is 5.26 Å². The molecule has 0 atom stereocenters. The minimum Gasteiger partial charge on any atom is -0.207 e. The van der Waals surface area contributed by atoms with Gasteiger partial charge in [-0.3, -0.25) is 0 Å². The number of hydrogen-bond acceptors (Lipinski definition) is 2. The van der Waals surface area contributed by atoms with Gasteiger partial charge in [0.25, 0.3) is 0 Å². The summed E-state index contributed by atoms with van der Waals surface area (Å²) in [5, 5.41) is 11.7. The highest BCUT2D eigenvalue weighted by Gasteiger charge is 2.01. The summed E-state index contributed by atoms with van der Waals surface area (Å²) in [5.41, 5.74) is 8.60. The standard InChI is InChI=1S/C8H5FN4/c9-8-2-1-6(4-10)3-7(8)5-12-13-11/h1-3H,5H2. The van der Waals surface area contributed by atoms with Crippen LogP contribution in [0.25, 0.3) is 10.4 Å². The Morgan fingerprint density at radius 2 is 2.38 bits per heavy atom. The first kappa shape index (κ1) is 9.04. The molecule has 0 saturated carbocycles. The molecule has 13 heavy (non-hydrogen) atoms. The zero-order valence-electron chi connectivity index (χ0n) is 6.61. The second-order valence-corrected chi connectivity index (χ2v) is 2.31. The van der Waals surface area contributed by atoms with E-state index in [1.807, 2.05) is 6.07 Å². The van der Waals surface area contributed by atoms with E-state index in [0.717, 1.165) is 0 Å². The Kier molecular flexibility index (Phi) is 2.85. The first-order valence-electron chi connectivity index (χ1n) is 3.47. The molecule has 0 bridgehead atoms. The molecular weight excluding hydrogens is 171 g/mol. The van der Waals surface area contributed by atoms with Gasteiger partial charge < -0.3 is 0 Å². The fourth-order valence-electron chi connectivity index (χ4n) is 0.873. The maximum atomic E-state index is 12.9. The van der Waals surface area contributed by atoms with E-state index in [1.54, 1.807) is 0 Å². The van der Waals surface area contributed by atoms with Gasteiger partial charge in [0.15, 0.2) is 0 Å². The molecule has 4 nitrogen and oxygen atoms in total. The van der Waals surface area contributed by atoms with Crippen LogP contribution in [-0.2, 0) is 6.54 Å². The molecule has 0 heterocycles. The number of rotatable bonds is 2. The zero-order chi connectivity index (χ0) is 9.68. The average molecular weight is 176 g/mol. The fraction of sp³-hybridized carbons (Fsp3) is 0.125. The maximum absolute atomic E-state index is 12.9. The lowest BCUT2D eigenvalue weighted by atomic mass is 10.1. The third-order valence-electron chi connectivity index (χ3n) is 1.48. The van der Waals surface area contributed by atoms with E-state index in [1.165, 1.54) is 18.2 Å². The predicted molar refractivity (Wildman–Crippen MR) is 44.0 cm³/mol. The highest BCUT2D eigenvalue weighted by molar-refractivity contribution is 5.33. The number of hydrogen-bond donors (Lipinski definition) is 0. The molecule has 0 N–H and O–H groups in total. The van der Waals surface area contributed by atoms with Crippen molar-refractivity contribution in [1.82, 2.24) is 0 Å². The van der Waals surface area contributed by atoms with Gasteiger partial charge in [-0.15, -0.1) is 0 Å². The van der Waals surface area contributed by atoms with Crippen molar-refractivity contribution >= 4 is 0 Å². The minimum atomic E-state index is -0.466. The van der Waals surface area contributed by atoms with Crippen LogP contribution >= 0.6 is 0 Å². The van der Waals surface area contributed by atoms with Gasteiger partial charge >= 0.3 is 0 Å². The van der Waals surface area contributed by atoms with E-state index in [4.69, 9.17) is 10.8 Å². The van der Waals surface area contributed by atoms with Crippen molar-refractivity contribution in [2.45, 2.75) is 6.54 Å². The second kappa shape index (κ2) is 4.10. The minimum absolute atomic E-state index is 0.0716. The lowest BCUT2D eigenvalue weighted by molar-refractivity contribution is 0.610. The van der Waals surface area contributed by atoms with E-state index in [0.29, 0.717) is 5.56 Å². The largest absolute Gasteiger partial charge is 0.207 e. The van der Waals surface area contributed by atoms with Gasteiger partial charge in [0, 0.05) is 4.91 Å². The Bertz CT molecular complexity index is 401. The molecule has 5 heteroatoms. The molecule has 0 aromatic heterocycles. The molecule has 0 fully saturated rings. The summed E-state index contributed by atoms with van der Waals surface area (Å²) in [6.07, 6.45) is 0. The number of nitriles is 1. The molecule has 0 saturated heterocycles. The lowest BCUT2D eigenvalue weighted by Gasteiger charge is -1.97. The molecule has 0 aliphatic carbocycles. The molecule has 0 amide bonds. The zero-order valence-corrected chi connectivity index (χ0v) is 6.61. The van der Waals surface area contributed by atoms with Crippen LogP contribution in [0.1, 0.15) is 11.1 Å². The molecule has 1 rings (SSSR count). The van der Waals surface area contributed by atoms with E-state index in [2.05, 4.69) is 10.0 Å². The van der Waals surface area contributed by atoms with Crippen LogP contribution in [-0.4, -0.2) is 0 Å². The Morgan fingerprint density at radius 3 is 3.00 bits per heavy atom. The fourth-order valence-corrected chi connectivity index (χ4v) is 0.873. The quantitative estimate of drug-likeness (QED) is 0.387. The lowest BCUT2D eigenvalue weighted by Crippen LogP contribution is -1.88. The number of halogens is 1. The summed E-state index contributed by atoms with van der Waals surface area (Å²) in [7, 11) is 0. The van der Waals surface area contributed by atoms with E-state index < -0.39 is 5.82 Å². The molecule has 1 aromatic rings. The van der Waals surface area contributed by atoms with Gasteiger partial charge in [0.1, 0.15) is 5.82 Å². The summed E-state index contributed by atoms with van der Waals surface area (Å²) in [6, 6.07) is 5.79. The summed E-state index contributed by atoms with van der Waals surface area (Å²) in [6.45, 7) is -0.0716. The Labute approximate surface area is 73.9 Å². The molecule has 1 aromatic carbocycles. The monoisotopic (exact) mass is 176 g/mol. The molecule has 0 spiro atoms. The van der Waals surface area contributed by atoms with Crippen LogP contribution in [0.5, 0.6) is 0 Å². The molecule has 0 aliphatic heterocycles. The van der Waals surface area contributed by atoms with Crippen molar-refractivity contribution in [3.05, 3.63) is 45.6 Å². The molecule has 64 valence electrons. The van der Waals surface area contributed by atoms with E-state index in [-0.39, 0.29) is 12.1 Å². The van der Waals surface area contributed by atoms with Crippen molar-refractivity contribution in [2.75, 3.05) is 0 Å². The van der Waals surface area contributed by atoms with Crippen LogP contribution < -0.4 is 0 Å². The van der Waals surface area contributed by atoms with Crippen LogP contribution in [0.3, 0.4) is 0 Å². The topological polar surface area (TPSA) is 72.5 Å². The first-order valence-corrected chi connectivity index (χ1v) is 3.47. The van der Waals surface area contributed by atoms with Crippen LogP contribution in [0, 0.1) is 17.1 Å². The van der Waals surface area contributed by atoms with Gasteiger partial charge in [-0.1, -0.05) is 5.11 Å². The maximum Gasteiger partial charge on any atom is 0.126 e. The summed E-state index contributed by atoms with van der Waals surface area (Å²) in [4.78, 5) is 2.50. The van der Waals surface area contributed by atoms with Gasteiger partial charge in [0.2, 0.25) is 0 Å². The highest BCUT2D eigenvalue weighted by atomic mass is 19.1. The number of benzene rings is 1. The van der Waals surface area contributed by atoms with Crippen LogP contribution in [0.4, 0.5) is 4.39 Å². The van der Waals surface area contributed by atoms with Gasteiger partial charge in [0.05, 0.1) is 18.2 Å². The van der Waals surface area contributed by atoms with Crippen LogP contribution in [0.15, 0.2) is 23.3 Å². The normalized spacial score (nSPS) is 8.62. The Hall–Kier alpha value is -2.05. The first-order chi connectivity index (χ1) is 6.27. The predicted octanol–water partition coefficient (Wildman–Crippen LogP) is 2.51. The van der Waals surface area contributed by atoms with Crippen LogP contribution in [0.2, 0.25) is 0 Å². The highest BCUT2D eigenvalue weighted by Crippen LogP contribution is 2.10. The summed E-state index contributed by atoms with van der Waals surface area (Å²) >= 11 is 0. The third kappa shape index (κ3) is 2.19. The number of nitrogens with zero attached hydrogens (tertiary/aromatic N) is 4. The molecule has 0 unspecified atom stereocenters. The molecular formula is C8H5FN4. The number of azide groups is 1. The van der Waals surface area contributed by atoms with Crippen molar-refractivity contribution < 1.29 is 4.39 Å². The van der Waals surface area contributed by atoms with E-state index in [9.17, 15) is 4.39 Å². The Morgan fingerprint density at radius 1 is 1.62 bits per heavy atom. The van der Waals surface area contributed by atoms with Gasteiger partial charge in [-0.25, -0.2) is 4.39 Å². The SMILES string of the molecule is N#Cc1ccc(F)c(CN=[N+]=[N-])c1. The van der Waals surface area contributed by atoms with Gasteiger partial charge in [-0.05, 0) is 29.3 Å². The van der Waals surface area contributed by atoms with Crippen molar-refractivity contribution in [1.29, 1.82) is 5.26 Å². The van der Waals surface area contributed by atoms with E-state index >= 15 is 0 Å². The van der Waals surface area contributed by atoms with Crippen molar-refractivity contribution in [2.24, 2.45) is 5.11 Å². The Balaban J connectivity index is 3.05. The van der Waals surface area contributed by atoms with Crippen molar-refractivity contribution in [3.63, 3.8) is 0 Å². The summed E-state index contributed by atoms with van der Waals surface area (Å²) < 4.78 is 12.9.